The lowest BCUT2D eigenvalue weighted by molar-refractivity contribution is -0.113. The van der Waals surface area contributed by atoms with Gasteiger partial charge in [-0.3, -0.25) is 9.36 Å². The number of carbonyl (C=O) groups excluding carboxylic acids is 1. The Labute approximate surface area is 208 Å². The van der Waals surface area contributed by atoms with Gasteiger partial charge in [0.15, 0.2) is 11.0 Å². The van der Waals surface area contributed by atoms with Gasteiger partial charge in [-0.15, -0.1) is 10.2 Å². The molecule has 0 radical (unpaired) electrons. The van der Waals surface area contributed by atoms with Crippen LogP contribution in [0.25, 0.3) is 0 Å². The highest BCUT2D eigenvalue weighted by atomic mass is 32.2. The predicted octanol–water partition coefficient (Wildman–Crippen LogP) is 4.69. The number of hydrogen-bond donors (Lipinski definition) is 2. The predicted molar refractivity (Wildman–Crippen MR) is 135 cm³/mol. The second kappa shape index (κ2) is 10.4. The van der Waals surface area contributed by atoms with Gasteiger partial charge in [-0.25, -0.2) is 9.97 Å². The third-order valence-corrected chi connectivity index (χ3v) is 6.55. The number of furan rings is 1. The molecule has 1 amide bonds. The van der Waals surface area contributed by atoms with Crippen molar-refractivity contribution in [2.24, 2.45) is 0 Å². The molecule has 0 spiro atoms. The van der Waals surface area contributed by atoms with Crippen LogP contribution in [0, 0.1) is 27.7 Å². The third kappa shape index (κ3) is 5.68. The highest BCUT2D eigenvalue weighted by Gasteiger charge is 2.24. The van der Waals surface area contributed by atoms with Gasteiger partial charge in [-0.1, -0.05) is 29.5 Å². The summed E-state index contributed by atoms with van der Waals surface area (Å²) in [4.78, 5) is 21.7. The Morgan fingerprint density at radius 2 is 1.88 bits per heavy atom. The Bertz CT molecular complexity index is 1280. The number of nitrogens with one attached hydrogen (secondary N) is 1. The van der Waals surface area contributed by atoms with Crippen molar-refractivity contribution in [2.45, 2.75) is 44.6 Å². The van der Waals surface area contributed by atoms with Crippen LogP contribution in [0.5, 0.6) is 0 Å². The number of rotatable bonds is 8. The van der Waals surface area contributed by atoms with E-state index in [2.05, 4.69) is 25.5 Å². The second-order valence-electron chi connectivity index (χ2n) is 8.07. The van der Waals surface area contributed by atoms with E-state index in [1.165, 1.54) is 11.8 Å². The maximum atomic E-state index is 12.6. The first-order valence-corrected chi connectivity index (χ1v) is 12.3. The number of thiol groups is 1. The Morgan fingerprint density at radius 1 is 1.12 bits per heavy atom. The number of anilines is 1. The minimum Gasteiger partial charge on any atom is -0.467 e. The van der Waals surface area contributed by atoms with Crippen molar-refractivity contribution in [3.05, 3.63) is 82.6 Å². The number of amides is 1. The van der Waals surface area contributed by atoms with E-state index >= 15 is 0 Å². The van der Waals surface area contributed by atoms with Crippen molar-refractivity contribution in [1.82, 2.24) is 24.7 Å². The van der Waals surface area contributed by atoms with Crippen LogP contribution in [-0.4, -0.2) is 36.4 Å². The third-order valence-electron chi connectivity index (χ3n) is 5.12. The lowest BCUT2D eigenvalue weighted by Crippen LogP contribution is -2.16. The first-order valence-electron chi connectivity index (χ1n) is 10.8. The maximum Gasteiger partial charge on any atom is 0.234 e. The minimum atomic E-state index is -0.487. The van der Waals surface area contributed by atoms with E-state index in [-0.39, 0.29) is 11.7 Å². The van der Waals surface area contributed by atoms with Gasteiger partial charge in [-0.2, -0.15) is 12.6 Å². The van der Waals surface area contributed by atoms with E-state index in [4.69, 9.17) is 17.0 Å². The van der Waals surface area contributed by atoms with Gasteiger partial charge in [0.25, 0.3) is 0 Å². The summed E-state index contributed by atoms with van der Waals surface area (Å²) in [5.41, 5.74) is 4.69. The summed E-state index contributed by atoms with van der Waals surface area (Å²) in [6.45, 7) is 8.24. The molecule has 0 aliphatic heterocycles. The van der Waals surface area contributed by atoms with Gasteiger partial charge in [-0.05, 0) is 57.5 Å². The summed E-state index contributed by atoms with van der Waals surface area (Å²) in [6.07, 6.45) is 1.62. The van der Waals surface area contributed by atoms with Gasteiger partial charge in [0, 0.05) is 17.1 Å². The summed E-state index contributed by atoms with van der Waals surface area (Å²) in [7, 11) is 0. The van der Waals surface area contributed by atoms with Crippen LogP contribution in [0.3, 0.4) is 0 Å². The van der Waals surface area contributed by atoms with Crippen LogP contribution in [0.1, 0.15) is 45.2 Å². The monoisotopic (exact) mass is 494 g/mol. The smallest absolute Gasteiger partial charge is 0.234 e. The number of thioether (sulfide) groups is 1. The van der Waals surface area contributed by atoms with Crippen LogP contribution in [0.2, 0.25) is 0 Å². The zero-order valence-electron chi connectivity index (χ0n) is 19.4. The number of aryl methyl sites for hydroxylation is 4. The molecular formula is C24H26N6O2S2. The molecule has 1 unspecified atom stereocenters. The van der Waals surface area contributed by atoms with Crippen LogP contribution < -0.4 is 5.32 Å². The van der Waals surface area contributed by atoms with Crippen LogP contribution in [0.4, 0.5) is 5.69 Å². The van der Waals surface area contributed by atoms with Crippen molar-refractivity contribution in [3.8, 4) is 0 Å². The van der Waals surface area contributed by atoms with E-state index in [0.717, 1.165) is 34.0 Å². The number of aromatic nitrogens is 5. The number of carbonyl (C=O) groups is 1. The number of benzene rings is 1. The lowest BCUT2D eigenvalue weighted by Gasteiger charge is -2.14. The quantitative estimate of drug-likeness (QED) is 0.271. The fraction of sp³-hybridized carbons (Fsp3) is 0.292. The first-order chi connectivity index (χ1) is 16.3. The Hall–Kier alpha value is -3.11. The van der Waals surface area contributed by atoms with Crippen LogP contribution >= 0.6 is 24.4 Å². The maximum absolute atomic E-state index is 12.6. The van der Waals surface area contributed by atoms with Crippen molar-refractivity contribution in [3.63, 3.8) is 0 Å². The molecule has 0 bridgehead atoms. The first kappa shape index (κ1) is 24.0. The Kier molecular flexibility index (Phi) is 7.38. The molecule has 0 saturated carbocycles. The van der Waals surface area contributed by atoms with E-state index in [9.17, 15) is 4.79 Å². The molecule has 1 N–H and O–H groups in total. The van der Waals surface area contributed by atoms with E-state index in [1.54, 1.807) is 6.26 Å². The molecule has 0 aliphatic carbocycles. The lowest BCUT2D eigenvalue weighted by atomic mass is 10.1. The molecule has 3 heterocycles. The molecule has 4 rings (SSSR count). The molecular weight excluding hydrogens is 468 g/mol. The standard InChI is InChI=1S/C24H26N6O2S2/c1-14-7-8-19(15(2)10-14)27-20(31)13-34-24-29-28-23(30(24)12-18-6-5-9-32-18)21(33)22-25-16(3)11-17(4)26-22/h5-11,21,33H,12-13H2,1-4H3,(H,27,31). The normalized spacial score (nSPS) is 12.0. The zero-order valence-corrected chi connectivity index (χ0v) is 21.2. The van der Waals surface area contributed by atoms with Gasteiger partial charge in [0.1, 0.15) is 16.8 Å². The molecule has 0 saturated heterocycles. The number of hydrogen-bond acceptors (Lipinski definition) is 8. The van der Waals surface area contributed by atoms with E-state index in [1.807, 2.05) is 68.7 Å². The Balaban J connectivity index is 1.55. The highest BCUT2D eigenvalue weighted by molar-refractivity contribution is 7.99. The summed E-state index contributed by atoms with van der Waals surface area (Å²) in [5, 5.41) is 11.8. The summed E-state index contributed by atoms with van der Waals surface area (Å²) in [6, 6.07) is 11.6. The molecule has 0 fully saturated rings. The number of nitrogens with zero attached hydrogens (tertiary/aromatic N) is 5. The average Bonchev–Trinajstić information content (AvgIpc) is 3.43. The highest BCUT2D eigenvalue weighted by Crippen LogP contribution is 2.29. The summed E-state index contributed by atoms with van der Waals surface area (Å²) >= 11 is 6.07. The van der Waals surface area contributed by atoms with Gasteiger partial charge in [0.05, 0.1) is 18.6 Å². The summed E-state index contributed by atoms with van der Waals surface area (Å²) < 4.78 is 7.44. The molecule has 4 aromatic rings. The minimum absolute atomic E-state index is 0.119. The van der Waals surface area contributed by atoms with Crippen molar-refractivity contribution < 1.29 is 9.21 Å². The molecule has 1 aromatic carbocycles. The second-order valence-corrected chi connectivity index (χ2v) is 9.53. The molecule has 1 atom stereocenters. The van der Waals surface area contributed by atoms with Gasteiger partial charge in [0.2, 0.25) is 5.91 Å². The molecule has 10 heteroatoms. The SMILES string of the molecule is Cc1ccc(NC(=O)CSc2nnc(C(S)c3nc(C)cc(C)n3)n2Cc2ccco2)c(C)c1. The zero-order chi connectivity index (χ0) is 24.2. The largest absolute Gasteiger partial charge is 0.467 e. The van der Waals surface area contributed by atoms with Gasteiger partial charge < -0.3 is 9.73 Å². The molecule has 8 nitrogen and oxygen atoms in total. The molecule has 34 heavy (non-hydrogen) atoms. The fourth-order valence-electron chi connectivity index (χ4n) is 3.58. The average molecular weight is 495 g/mol. The van der Waals surface area contributed by atoms with E-state index < -0.39 is 5.25 Å². The van der Waals surface area contributed by atoms with Crippen molar-refractivity contribution >= 4 is 36.0 Å². The molecule has 176 valence electrons. The van der Waals surface area contributed by atoms with Crippen molar-refractivity contribution in [2.75, 3.05) is 11.1 Å². The molecule has 3 aromatic heterocycles. The van der Waals surface area contributed by atoms with Gasteiger partial charge >= 0.3 is 0 Å². The molecule has 0 aliphatic rings. The fourth-order valence-corrected chi connectivity index (χ4v) is 4.63. The van der Waals surface area contributed by atoms with Crippen LogP contribution in [-0.2, 0) is 11.3 Å². The van der Waals surface area contributed by atoms with Crippen molar-refractivity contribution in [1.29, 1.82) is 0 Å². The van der Waals surface area contributed by atoms with E-state index in [0.29, 0.717) is 23.4 Å². The van der Waals surface area contributed by atoms with Crippen LogP contribution in [0.15, 0.2) is 52.2 Å². The summed E-state index contributed by atoms with van der Waals surface area (Å²) in [5.74, 6) is 1.94. The Morgan fingerprint density at radius 3 is 2.56 bits per heavy atom. The topological polar surface area (TPSA) is 98.7 Å².